The van der Waals surface area contributed by atoms with Gasteiger partial charge >= 0.3 is 0 Å². The second-order valence-electron chi connectivity index (χ2n) is 4.40. The zero-order valence-electron chi connectivity index (χ0n) is 10.6. The molecule has 1 heterocycles. The zero-order valence-corrected chi connectivity index (χ0v) is 11.4. The fourth-order valence-corrected chi connectivity index (χ4v) is 2.41. The van der Waals surface area contributed by atoms with Gasteiger partial charge < -0.3 is 4.98 Å². The number of rotatable bonds is 2. The molecule has 1 aromatic heterocycles. The highest BCUT2D eigenvalue weighted by atomic mass is 32.1. The number of imidazole rings is 1. The standard InChI is InChI=1S/C15H9F3N2S/c16-10-6-11(17)14(12(18)7-10)20-13(8-19-15(20)21)9-4-2-1-3-5-9/h1-8H,(H,19,21). The fourth-order valence-electron chi connectivity index (χ4n) is 2.16. The molecule has 1 N–H and O–H groups in total. The molecule has 0 saturated carbocycles. The van der Waals surface area contributed by atoms with Crippen molar-refractivity contribution >= 4 is 12.2 Å². The molecule has 0 amide bonds. The number of aromatic nitrogens is 2. The van der Waals surface area contributed by atoms with E-state index in [1.807, 2.05) is 6.07 Å². The summed E-state index contributed by atoms with van der Waals surface area (Å²) >= 11 is 5.09. The van der Waals surface area contributed by atoms with Crippen LogP contribution in [0, 0.1) is 22.2 Å². The van der Waals surface area contributed by atoms with Gasteiger partial charge in [-0.1, -0.05) is 30.3 Å². The van der Waals surface area contributed by atoms with Crippen molar-refractivity contribution in [3.8, 4) is 16.9 Å². The highest BCUT2D eigenvalue weighted by molar-refractivity contribution is 7.71. The van der Waals surface area contributed by atoms with Gasteiger partial charge in [-0.3, -0.25) is 4.57 Å². The Morgan fingerprint density at radius 3 is 2.19 bits per heavy atom. The summed E-state index contributed by atoms with van der Waals surface area (Å²) in [4.78, 5) is 2.75. The summed E-state index contributed by atoms with van der Waals surface area (Å²) in [6.45, 7) is 0. The van der Waals surface area contributed by atoms with Gasteiger partial charge in [-0.05, 0) is 12.2 Å². The van der Waals surface area contributed by atoms with Crippen LogP contribution >= 0.6 is 12.2 Å². The Balaban J connectivity index is 2.30. The lowest BCUT2D eigenvalue weighted by Crippen LogP contribution is -2.04. The third kappa shape index (κ3) is 2.38. The van der Waals surface area contributed by atoms with Crippen molar-refractivity contribution in [2.45, 2.75) is 0 Å². The van der Waals surface area contributed by atoms with Crippen molar-refractivity contribution < 1.29 is 13.2 Å². The number of nitrogens with zero attached hydrogens (tertiary/aromatic N) is 1. The van der Waals surface area contributed by atoms with Crippen LogP contribution in [0.3, 0.4) is 0 Å². The summed E-state index contributed by atoms with van der Waals surface area (Å²) in [6, 6.07) is 10.2. The quantitative estimate of drug-likeness (QED) is 0.685. The Kier molecular flexibility index (Phi) is 3.39. The molecule has 21 heavy (non-hydrogen) atoms. The van der Waals surface area contributed by atoms with Gasteiger partial charge in [0.2, 0.25) is 0 Å². The molecule has 3 aromatic rings. The fraction of sp³-hybridized carbons (Fsp3) is 0. The molecule has 3 rings (SSSR count). The first-order chi connectivity index (χ1) is 10.1. The molecule has 2 aromatic carbocycles. The van der Waals surface area contributed by atoms with Crippen LogP contribution in [0.4, 0.5) is 13.2 Å². The number of benzene rings is 2. The van der Waals surface area contributed by atoms with E-state index in [-0.39, 0.29) is 4.77 Å². The summed E-state index contributed by atoms with van der Waals surface area (Å²) in [7, 11) is 0. The highest BCUT2D eigenvalue weighted by Gasteiger charge is 2.18. The van der Waals surface area contributed by atoms with Crippen LogP contribution in [-0.4, -0.2) is 9.55 Å². The zero-order chi connectivity index (χ0) is 15.0. The SMILES string of the molecule is Fc1cc(F)c(-n2c(-c3ccccc3)c[nH]c2=S)c(F)c1. The van der Waals surface area contributed by atoms with Crippen LogP contribution in [0.25, 0.3) is 16.9 Å². The van der Waals surface area contributed by atoms with Gasteiger partial charge in [0.1, 0.15) is 11.5 Å². The minimum atomic E-state index is -1.01. The molecular formula is C15H9F3N2S. The summed E-state index contributed by atoms with van der Waals surface area (Å²) in [5.41, 5.74) is 0.819. The van der Waals surface area contributed by atoms with E-state index in [0.717, 1.165) is 5.56 Å². The number of hydrogen-bond acceptors (Lipinski definition) is 1. The topological polar surface area (TPSA) is 20.7 Å². The number of aromatic amines is 1. The van der Waals surface area contributed by atoms with Crippen LogP contribution in [-0.2, 0) is 0 Å². The maximum absolute atomic E-state index is 14.0. The van der Waals surface area contributed by atoms with E-state index in [1.165, 1.54) is 4.57 Å². The number of H-pyrrole nitrogens is 1. The first-order valence-electron chi connectivity index (χ1n) is 6.08. The average molecular weight is 306 g/mol. The smallest absolute Gasteiger partial charge is 0.182 e. The van der Waals surface area contributed by atoms with Gasteiger partial charge in [0.05, 0.1) is 5.69 Å². The number of nitrogens with one attached hydrogen (secondary N) is 1. The first kappa shape index (κ1) is 13.6. The molecule has 0 aliphatic rings. The molecule has 0 spiro atoms. The van der Waals surface area contributed by atoms with Gasteiger partial charge in [0.15, 0.2) is 16.4 Å². The predicted octanol–water partition coefficient (Wildman–Crippen LogP) is 4.62. The molecular weight excluding hydrogens is 297 g/mol. The van der Waals surface area contributed by atoms with E-state index in [0.29, 0.717) is 17.8 Å². The van der Waals surface area contributed by atoms with Gasteiger partial charge in [-0.2, -0.15) is 0 Å². The normalized spacial score (nSPS) is 10.8. The molecule has 0 bridgehead atoms. The lowest BCUT2D eigenvalue weighted by atomic mass is 10.1. The molecule has 2 nitrogen and oxygen atoms in total. The molecule has 0 atom stereocenters. The lowest BCUT2D eigenvalue weighted by molar-refractivity contribution is 0.534. The molecule has 106 valence electrons. The maximum Gasteiger partial charge on any atom is 0.182 e. The molecule has 0 unspecified atom stereocenters. The van der Waals surface area contributed by atoms with E-state index < -0.39 is 23.1 Å². The largest absolute Gasteiger partial charge is 0.336 e. The number of hydrogen-bond donors (Lipinski definition) is 1. The van der Waals surface area contributed by atoms with Crippen molar-refractivity contribution in [3.63, 3.8) is 0 Å². The van der Waals surface area contributed by atoms with Crippen LogP contribution in [0.15, 0.2) is 48.7 Å². The van der Waals surface area contributed by atoms with Crippen LogP contribution in [0.2, 0.25) is 0 Å². The van der Waals surface area contributed by atoms with Gasteiger partial charge in [-0.15, -0.1) is 0 Å². The minimum absolute atomic E-state index is 0.123. The Morgan fingerprint density at radius 1 is 0.952 bits per heavy atom. The molecule has 0 fully saturated rings. The van der Waals surface area contributed by atoms with Crippen molar-refractivity contribution in [1.29, 1.82) is 0 Å². The second kappa shape index (κ2) is 5.21. The van der Waals surface area contributed by atoms with E-state index >= 15 is 0 Å². The highest BCUT2D eigenvalue weighted by Crippen LogP contribution is 2.27. The maximum atomic E-state index is 14.0. The van der Waals surface area contributed by atoms with E-state index in [1.54, 1.807) is 30.5 Å². The summed E-state index contributed by atoms with van der Waals surface area (Å²) < 4.78 is 42.4. The molecule has 0 radical (unpaired) electrons. The summed E-state index contributed by atoms with van der Waals surface area (Å²) in [5, 5.41) is 0. The third-order valence-electron chi connectivity index (χ3n) is 3.05. The predicted molar refractivity (Wildman–Crippen MR) is 76.3 cm³/mol. The Labute approximate surface area is 123 Å². The summed E-state index contributed by atoms with van der Waals surface area (Å²) in [5.74, 6) is -3.00. The molecule has 6 heteroatoms. The second-order valence-corrected chi connectivity index (χ2v) is 4.79. The van der Waals surface area contributed by atoms with E-state index in [9.17, 15) is 13.2 Å². The van der Waals surface area contributed by atoms with Crippen LogP contribution in [0.1, 0.15) is 0 Å². The minimum Gasteiger partial charge on any atom is -0.336 e. The van der Waals surface area contributed by atoms with Crippen LogP contribution < -0.4 is 0 Å². The Bertz CT molecular complexity index is 830. The first-order valence-corrected chi connectivity index (χ1v) is 6.49. The van der Waals surface area contributed by atoms with Gasteiger partial charge in [-0.25, -0.2) is 13.2 Å². The van der Waals surface area contributed by atoms with E-state index in [4.69, 9.17) is 12.2 Å². The van der Waals surface area contributed by atoms with Crippen molar-refractivity contribution in [2.24, 2.45) is 0 Å². The van der Waals surface area contributed by atoms with E-state index in [2.05, 4.69) is 4.98 Å². The van der Waals surface area contributed by atoms with Crippen molar-refractivity contribution in [2.75, 3.05) is 0 Å². The van der Waals surface area contributed by atoms with Gasteiger partial charge in [0.25, 0.3) is 0 Å². The molecule has 0 saturated heterocycles. The van der Waals surface area contributed by atoms with Crippen molar-refractivity contribution in [3.05, 3.63) is 70.9 Å². The average Bonchev–Trinajstić information content (AvgIpc) is 2.81. The lowest BCUT2D eigenvalue weighted by Gasteiger charge is -2.10. The summed E-state index contributed by atoms with van der Waals surface area (Å²) in [6.07, 6.45) is 1.56. The van der Waals surface area contributed by atoms with Crippen LogP contribution in [0.5, 0.6) is 0 Å². The Morgan fingerprint density at radius 2 is 1.57 bits per heavy atom. The third-order valence-corrected chi connectivity index (χ3v) is 3.35. The molecule has 0 aliphatic carbocycles. The number of halogens is 3. The Hall–Kier alpha value is -2.34. The van der Waals surface area contributed by atoms with Crippen molar-refractivity contribution in [1.82, 2.24) is 9.55 Å². The molecule has 0 aliphatic heterocycles. The monoisotopic (exact) mass is 306 g/mol. The van der Waals surface area contributed by atoms with Gasteiger partial charge in [0, 0.05) is 23.9 Å².